The lowest BCUT2D eigenvalue weighted by Crippen LogP contribution is -2.11. The van der Waals surface area contributed by atoms with Crippen molar-refractivity contribution < 1.29 is 26.3 Å². The first kappa shape index (κ1) is 22.2. The smallest absolute Gasteiger partial charge is 0.166 e. The molecule has 4 rings (SSSR count). The number of fused-ring (bicyclic) bond motifs is 1. The first-order chi connectivity index (χ1) is 14.9. The van der Waals surface area contributed by atoms with Crippen LogP contribution in [0.1, 0.15) is 53.1 Å². The van der Waals surface area contributed by atoms with Gasteiger partial charge in [0.2, 0.25) is 0 Å². The molecule has 32 heavy (non-hydrogen) atoms. The van der Waals surface area contributed by atoms with Crippen molar-refractivity contribution in [1.82, 2.24) is 0 Å². The van der Waals surface area contributed by atoms with Crippen LogP contribution in [0, 0.1) is 6.42 Å². The molecule has 1 aliphatic rings. The lowest BCUT2D eigenvalue weighted by atomic mass is 9.86. The fourth-order valence-corrected chi connectivity index (χ4v) is 4.00. The van der Waals surface area contributed by atoms with E-state index in [1.807, 2.05) is 62.7 Å². The molecule has 0 nitrogen and oxygen atoms in total. The molecule has 0 heterocycles. The molecule has 0 atom stereocenters. The summed E-state index contributed by atoms with van der Waals surface area (Å²) in [6.45, 7) is 3.73. The van der Waals surface area contributed by atoms with Crippen LogP contribution in [0.4, 0.5) is 26.3 Å². The molecular weight excluding hydrogens is 426 g/mol. The van der Waals surface area contributed by atoms with Crippen LogP contribution in [0.5, 0.6) is 0 Å². The van der Waals surface area contributed by atoms with E-state index in [9.17, 15) is 26.3 Å². The van der Waals surface area contributed by atoms with Gasteiger partial charge in [0, 0.05) is 6.42 Å². The Labute approximate surface area is 182 Å². The lowest BCUT2D eigenvalue weighted by Gasteiger charge is -2.20. The molecule has 1 radical (unpaired) electrons. The summed E-state index contributed by atoms with van der Waals surface area (Å²) < 4.78 is 80.9. The third-order valence-corrected chi connectivity index (χ3v) is 5.53. The molecule has 3 aromatic rings. The Hall–Kier alpha value is -3.02. The van der Waals surface area contributed by atoms with E-state index in [1.165, 1.54) is 0 Å². The fraction of sp³-hybridized carbons (Fsp3) is 0.192. The van der Waals surface area contributed by atoms with Crippen LogP contribution >= 0.6 is 0 Å². The maximum atomic E-state index is 13.5. The van der Waals surface area contributed by atoms with Crippen LogP contribution in [0.3, 0.4) is 0 Å². The van der Waals surface area contributed by atoms with Crippen molar-refractivity contribution >= 4 is 11.6 Å². The Morgan fingerprint density at radius 2 is 1.28 bits per heavy atom. The molecule has 3 aromatic carbocycles. The maximum Gasteiger partial charge on any atom is 0.416 e. The van der Waals surface area contributed by atoms with Crippen molar-refractivity contribution in [2.45, 2.75) is 32.1 Å². The van der Waals surface area contributed by atoms with Gasteiger partial charge in [-0.05, 0) is 69.1 Å². The summed E-state index contributed by atoms with van der Waals surface area (Å²) in [5.74, 6) is -0.103. The van der Waals surface area contributed by atoms with Gasteiger partial charge >= 0.3 is 12.4 Å². The standard InChI is InChI=1S/C26H19F6/c1-15(2)22-9-8-17-10-18(16-6-4-3-5-7-16)13-23(17)24(22)19-11-20(25(27,28)29)14-21(12-19)26(30,31)32/h3-15H,1-2H3. The van der Waals surface area contributed by atoms with Crippen LogP contribution < -0.4 is 0 Å². The highest BCUT2D eigenvalue weighted by Crippen LogP contribution is 2.45. The molecule has 0 saturated carbocycles. The maximum absolute atomic E-state index is 13.5. The molecule has 1 aliphatic carbocycles. The lowest BCUT2D eigenvalue weighted by molar-refractivity contribution is -0.143. The van der Waals surface area contributed by atoms with Crippen molar-refractivity contribution in [3.05, 3.63) is 100 Å². The highest BCUT2D eigenvalue weighted by atomic mass is 19.4. The van der Waals surface area contributed by atoms with E-state index >= 15 is 0 Å². The normalized spacial score (nSPS) is 14.0. The Morgan fingerprint density at radius 3 is 1.81 bits per heavy atom. The topological polar surface area (TPSA) is 0 Å². The first-order valence-electron chi connectivity index (χ1n) is 10.0. The van der Waals surface area contributed by atoms with Gasteiger partial charge in [-0.1, -0.05) is 56.3 Å². The SMILES string of the molecule is CC(C)c1ccc2c(c1-c1cc(C(F)(F)F)cc(C(F)(F)F)c1)C=C(c1ccccc1)[CH]2. The average molecular weight is 445 g/mol. The van der Waals surface area contributed by atoms with Crippen molar-refractivity contribution in [1.29, 1.82) is 0 Å². The number of rotatable bonds is 3. The summed E-state index contributed by atoms with van der Waals surface area (Å²) in [7, 11) is 0. The molecule has 165 valence electrons. The zero-order chi connectivity index (χ0) is 23.3. The summed E-state index contributed by atoms with van der Waals surface area (Å²) in [6, 6.07) is 14.9. The number of hydrogen-bond acceptors (Lipinski definition) is 0. The second-order valence-electron chi connectivity index (χ2n) is 8.09. The summed E-state index contributed by atoms with van der Waals surface area (Å²) in [4.78, 5) is 0. The minimum absolute atomic E-state index is 0.0911. The van der Waals surface area contributed by atoms with E-state index in [1.54, 1.807) is 6.07 Å². The number of hydrogen-bond donors (Lipinski definition) is 0. The number of allylic oxidation sites excluding steroid dienone is 1. The van der Waals surface area contributed by atoms with E-state index in [-0.39, 0.29) is 17.5 Å². The summed E-state index contributed by atoms with van der Waals surface area (Å²) in [5.41, 5.74) is 1.52. The van der Waals surface area contributed by atoms with E-state index in [2.05, 4.69) is 0 Å². The molecule has 0 spiro atoms. The van der Waals surface area contributed by atoms with Gasteiger partial charge in [0.15, 0.2) is 0 Å². The monoisotopic (exact) mass is 445 g/mol. The van der Waals surface area contributed by atoms with Gasteiger partial charge in [0.05, 0.1) is 11.1 Å². The Bertz CT molecular complexity index is 1150. The predicted octanol–water partition coefficient (Wildman–Crippen LogP) is 8.62. The second kappa shape index (κ2) is 7.84. The molecule has 0 bridgehead atoms. The molecule has 0 aromatic heterocycles. The third kappa shape index (κ3) is 4.18. The first-order valence-corrected chi connectivity index (χ1v) is 10.0. The third-order valence-electron chi connectivity index (χ3n) is 5.53. The minimum Gasteiger partial charge on any atom is -0.166 e. The van der Waals surface area contributed by atoms with Gasteiger partial charge in [0.25, 0.3) is 0 Å². The molecular formula is C26H19F6. The van der Waals surface area contributed by atoms with Gasteiger partial charge in [-0.15, -0.1) is 0 Å². The van der Waals surface area contributed by atoms with Crippen LogP contribution in [0.25, 0.3) is 22.8 Å². The van der Waals surface area contributed by atoms with E-state index < -0.39 is 23.5 Å². The van der Waals surface area contributed by atoms with Gasteiger partial charge < -0.3 is 0 Å². The fourth-order valence-electron chi connectivity index (χ4n) is 4.00. The Kier molecular flexibility index (Phi) is 5.43. The van der Waals surface area contributed by atoms with Gasteiger partial charge in [-0.3, -0.25) is 0 Å². The van der Waals surface area contributed by atoms with Crippen molar-refractivity contribution in [2.75, 3.05) is 0 Å². The van der Waals surface area contributed by atoms with E-state index in [4.69, 9.17) is 0 Å². The Balaban J connectivity index is 1.99. The zero-order valence-corrected chi connectivity index (χ0v) is 17.3. The molecule has 0 amide bonds. The predicted molar refractivity (Wildman–Crippen MR) is 114 cm³/mol. The minimum atomic E-state index is -4.90. The summed E-state index contributed by atoms with van der Waals surface area (Å²) >= 11 is 0. The summed E-state index contributed by atoms with van der Waals surface area (Å²) in [5, 5.41) is 0. The van der Waals surface area contributed by atoms with E-state index in [0.29, 0.717) is 16.7 Å². The molecule has 0 unspecified atom stereocenters. The van der Waals surface area contributed by atoms with Crippen LogP contribution in [0.15, 0.2) is 60.7 Å². The van der Waals surface area contributed by atoms with Crippen LogP contribution in [-0.4, -0.2) is 0 Å². The molecule has 0 fully saturated rings. The van der Waals surface area contributed by atoms with Crippen molar-refractivity contribution in [2.24, 2.45) is 0 Å². The highest BCUT2D eigenvalue weighted by Gasteiger charge is 2.37. The van der Waals surface area contributed by atoms with Gasteiger partial charge in [-0.25, -0.2) is 0 Å². The number of benzene rings is 3. The molecule has 6 heteroatoms. The summed E-state index contributed by atoms with van der Waals surface area (Å²) in [6.07, 6.45) is -6.07. The van der Waals surface area contributed by atoms with Crippen molar-refractivity contribution in [3.63, 3.8) is 0 Å². The number of halogens is 6. The second-order valence-corrected chi connectivity index (χ2v) is 8.09. The van der Waals surface area contributed by atoms with Crippen molar-refractivity contribution in [3.8, 4) is 11.1 Å². The average Bonchev–Trinajstić information content (AvgIpc) is 3.16. The van der Waals surface area contributed by atoms with Crippen LogP contribution in [0.2, 0.25) is 0 Å². The molecule has 0 N–H and O–H groups in total. The molecule has 0 saturated heterocycles. The van der Waals surface area contributed by atoms with Gasteiger partial charge in [-0.2, -0.15) is 26.3 Å². The van der Waals surface area contributed by atoms with E-state index in [0.717, 1.165) is 28.8 Å². The highest BCUT2D eigenvalue weighted by molar-refractivity contribution is 5.99. The quantitative estimate of drug-likeness (QED) is 0.354. The van der Waals surface area contributed by atoms with Gasteiger partial charge in [0.1, 0.15) is 0 Å². The largest absolute Gasteiger partial charge is 0.416 e. The zero-order valence-electron chi connectivity index (χ0n) is 17.3. The van der Waals surface area contributed by atoms with Crippen LogP contribution in [-0.2, 0) is 12.4 Å². The molecule has 0 aliphatic heterocycles. The number of alkyl halides is 6. The Morgan fingerprint density at radius 1 is 0.688 bits per heavy atom.